The molecule has 1 fully saturated rings. The van der Waals surface area contributed by atoms with Gasteiger partial charge in [-0.25, -0.2) is 4.79 Å². The summed E-state index contributed by atoms with van der Waals surface area (Å²) >= 11 is 0. The van der Waals surface area contributed by atoms with Crippen molar-refractivity contribution in [1.82, 2.24) is 5.16 Å². The topological polar surface area (TPSA) is 72.6 Å². The maximum atomic E-state index is 10.7. The van der Waals surface area contributed by atoms with Crippen LogP contribution in [0.5, 0.6) is 5.75 Å². The van der Waals surface area contributed by atoms with Crippen LogP contribution >= 0.6 is 0 Å². The van der Waals surface area contributed by atoms with Gasteiger partial charge in [0, 0.05) is 11.6 Å². The van der Waals surface area contributed by atoms with Crippen molar-refractivity contribution < 1.29 is 19.2 Å². The Morgan fingerprint density at radius 1 is 1.37 bits per heavy atom. The minimum absolute atomic E-state index is 0.166. The lowest BCUT2D eigenvalue weighted by Crippen LogP contribution is -2.24. The molecule has 0 saturated heterocycles. The van der Waals surface area contributed by atoms with Crippen molar-refractivity contribution in [2.24, 2.45) is 0 Å². The molecule has 3 rings (SSSR count). The molecule has 0 bridgehead atoms. The summed E-state index contributed by atoms with van der Waals surface area (Å²) in [5.41, 5.74) is 1.28. The van der Waals surface area contributed by atoms with E-state index in [1.54, 1.807) is 0 Å². The summed E-state index contributed by atoms with van der Waals surface area (Å²) in [4.78, 5) is 10.7. The highest BCUT2D eigenvalue weighted by molar-refractivity contribution is 5.85. The molecule has 0 unspecified atom stereocenters. The zero-order valence-corrected chi connectivity index (χ0v) is 10.2. The van der Waals surface area contributed by atoms with E-state index in [0.29, 0.717) is 11.8 Å². The van der Waals surface area contributed by atoms with E-state index < -0.39 is 5.97 Å². The number of carboxylic acid groups (broad SMARTS) is 1. The van der Waals surface area contributed by atoms with E-state index >= 15 is 0 Å². The number of aromatic carboxylic acids is 1. The molecule has 2 aromatic rings. The Bertz CT molecular complexity index is 601. The minimum Gasteiger partial charge on any atom is -0.490 e. The van der Waals surface area contributed by atoms with Gasteiger partial charge in [0.05, 0.1) is 6.10 Å². The van der Waals surface area contributed by atoms with Crippen LogP contribution in [0, 0.1) is 0 Å². The summed E-state index contributed by atoms with van der Waals surface area (Å²) in [6, 6.07) is 8.85. The molecule has 0 radical (unpaired) electrons. The van der Waals surface area contributed by atoms with Crippen molar-refractivity contribution in [3.63, 3.8) is 0 Å². The minimum atomic E-state index is -1.12. The Balaban J connectivity index is 1.82. The third kappa shape index (κ3) is 2.45. The van der Waals surface area contributed by atoms with Gasteiger partial charge in [0.25, 0.3) is 0 Å². The van der Waals surface area contributed by atoms with Crippen molar-refractivity contribution in [3.8, 4) is 17.0 Å². The molecule has 1 heterocycles. The van der Waals surface area contributed by atoms with E-state index in [0.717, 1.165) is 24.2 Å². The second kappa shape index (κ2) is 4.76. The number of hydrogen-bond donors (Lipinski definition) is 1. The van der Waals surface area contributed by atoms with Gasteiger partial charge in [-0.15, -0.1) is 0 Å². The van der Waals surface area contributed by atoms with Crippen molar-refractivity contribution in [3.05, 3.63) is 36.1 Å². The number of carboxylic acids is 1. The molecular weight excluding hydrogens is 246 g/mol. The number of aromatic nitrogens is 1. The molecule has 1 N–H and O–H groups in total. The van der Waals surface area contributed by atoms with E-state index in [1.165, 1.54) is 12.5 Å². The van der Waals surface area contributed by atoms with Gasteiger partial charge >= 0.3 is 5.97 Å². The SMILES string of the molecule is O=C(O)c1cc(-c2cccc(OC3CCC3)c2)no1. The Morgan fingerprint density at radius 2 is 2.21 bits per heavy atom. The van der Waals surface area contributed by atoms with Gasteiger partial charge in [-0.05, 0) is 31.4 Å². The first-order valence-corrected chi connectivity index (χ1v) is 6.19. The van der Waals surface area contributed by atoms with Crippen LogP contribution < -0.4 is 4.74 Å². The lowest BCUT2D eigenvalue weighted by atomic mass is 9.96. The molecule has 1 aromatic carbocycles. The van der Waals surface area contributed by atoms with Crippen LogP contribution in [0.2, 0.25) is 0 Å². The fourth-order valence-electron chi connectivity index (χ4n) is 1.92. The summed E-state index contributed by atoms with van der Waals surface area (Å²) in [7, 11) is 0. The number of nitrogens with zero attached hydrogens (tertiary/aromatic N) is 1. The second-order valence-corrected chi connectivity index (χ2v) is 4.58. The van der Waals surface area contributed by atoms with Crippen LogP contribution in [0.4, 0.5) is 0 Å². The average molecular weight is 259 g/mol. The first-order chi connectivity index (χ1) is 9.22. The van der Waals surface area contributed by atoms with Gasteiger partial charge in [0.1, 0.15) is 11.4 Å². The van der Waals surface area contributed by atoms with Crippen molar-refractivity contribution >= 4 is 5.97 Å². The standard InChI is InChI=1S/C14H13NO4/c16-14(17)13-8-12(15-19-13)9-3-1-6-11(7-9)18-10-4-2-5-10/h1,3,6-8,10H,2,4-5H2,(H,16,17). The molecule has 1 aliphatic rings. The normalized spacial score (nSPS) is 14.9. The van der Waals surface area contributed by atoms with Crippen molar-refractivity contribution in [2.45, 2.75) is 25.4 Å². The molecule has 0 atom stereocenters. The number of rotatable bonds is 4. The van der Waals surface area contributed by atoms with Crippen LogP contribution in [-0.4, -0.2) is 22.3 Å². The predicted octanol–water partition coefficient (Wildman–Crippen LogP) is 2.97. The highest BCUT2D eigenvalue weighted by Crippen LogP contribution is 2.28. The first-order valence-electron chi connectivity index (χ1n) is 6.19. The summed E-state index contributed by atoms with van der Waals surface area (Å²) in [6.07, 6.45) is 3.71. The third-order valence-corrected chi connectivity index (χ3v) is 3.21. The van der Waals surface area contributed by atoms with Gasteiger partial charge in [0.15, 0.2) is 0 Å². The maximum absolute atomic E-state index is 10.7. The third-order valence-electron chi connectivity index (χ3n) is 3.21. The van der Waals surface area contributed by atoms with Crippen LogP contribution in [0.1, 0.15) is 29.8 Å². The Labute approximate surface area is 109 Å². The fourth-order valence-corrected chi connectivity index (χ4v) is 1.92. The van der Waals surface area contributed by atoms with E-state index in [2.05, 4.69) is 5.16 Å². The van der Waals surface area contributed by atoms with Crippen LogP contribution in [0.25, 0.3) is 11.3 Å². The highest BCUT2D eigenvalue weighted by atomic mass is 16.5. The lowest BCUT2D eigenvalue weighted by molar-refractivity contribution is 0.0652. The molecule has 19 heavy (non-hydrogen) atoms. The molecule has 0 aliphatic heterocycles. The van der Waals surface area contributed by atoms with Crippen LogP contribution in [-0.2, 0) is 0 Å². The fraction of sp³-hybridized carbons (Fsp3) is 0.286. The molecule has 98 valence electrons. The van der Waals surface area contributed by atoms with E-state index in [1.807, 2.05) is 24.3 Å². The van der Waals surface area contributed by atoms with Crippen molar-refractivity contribution in [1.29, 1.82) is 0 Å². The Hall–Kier alpha value is -2.30. The first kappa shape index (κ1) is 11.8. The number of benzene rings is 1. The zero-order valence-electron chi connectivity index (χ0n) is 10.2. The average Bonchev–Trinajstić information content (AvgIpc) is 2.84. The largest absolute Gasteiger partial charge is 0.490 e. The smallest absolute Gasteiger partial charge is 0.374 e. The quantitative estimate of drug-likeness (QED) is 0.913. The molecule has 1 saturated carbocycles. The summed E-state index contributed by atoms with van der Waals surface area (Å²) in [5, 5.41) is 12.6. The summed E-state index contributed by atoms with van der Waals surface area (Å²) in [5.74, 6) is -0.511. The summed E-state index contributed by atoms with van der Waals surface area (Å²) in [6.45, 7) is 0. The van der Waals surface area contributed by atoms with E-state index in [9.17, 15) is 4.79 Å². The molecule has 0 amide bonds. The van der Waals surface area contributed by atoms with Gasteiger partial charge in [-0.2, -0.15) is 0 Å². The maximum Gasteiger partial charge on any atom is 0.374 e. The van der Waals surface area contributed by atoms with E-state index in [4.69, 9.17) is 14.4 Å². The van der Waals surface area contributed by atoms with E-state index in [-0.39, 0.29) is 5.76 Å². The van der Waals surface area contributed by atoms with Crippen LogP contribution in [0.3, 0.4) is 0 Å². The Morgan fingerprint density at radius 3 is 2.84 bits per heavy atom. The Kier molecular flexibility index (Phi) is 2.95. The highest BCUT2D eigenvalue weighted by Gasteiger charge is 2.19. The van der Waals surface area contributed by atoms with Crippen LogP contribution in [0.15, 0.2) is 34.9 Å². The van der Waals surface area contributed by atoms with Gasteiger partial charge in [0.2, 0.25) is 5.76 Å². The van der Waals surface area contributed by atoms with Crippen molar-refractivity contribution in [2.75, 3.05) is 0 Å². The lowest BCUT2D eigenvalue weighted by Gasteiger charge is -2.26. The monoisotopic (exact) mass is 259 g/mol. The molecule has 5 heteroatoms. The molecule has 0 spiro atoms. The predicted molar refractivity (Wildman–Crippen MR) is 67.2 cm³/mol. The number of hydrogen-bond acceptors (Lipinski definition) is 4. The second-order valence-electron chi connectivity index (χ2n) is 4.58. The summed E-state index contributed by atoms with van der Waals surface area (Å²) < 4.78 is 10.5. The molecule has 1 aliphatic carbocycles. The van der Waals surface area contributed by atoms with Gasteiger partial charge in [-0.1, -0.05) is 17.3 Å². The number of carbonyl (C=O) groups is 1. The molecule has 1 aromatic heterocycles. The zero-order chi connectivity index (χ0) is 13.2. The van der Waals surface area contributed by atoms with Gasteiger partial charge < -0.3 is 14.4 Å². The molecule has 5 nitrogen and oxygen atoms in total. The molecular formula is C14H13NO4. The van der Waals surface area contributed by atoms with Gasteiger partial charge in [-0.3, -0.25) is 0 Å². The number of ether oxygens (including phenoxy) is 1.